The quantitative estimate of drug-likeness (QED) is 0.792. The number of carbonyl (C=O) groups is 1. The standard InChI is InChI=1S/C14H18FNO3S2/c1-10(20-13-5-3-11(15)4-6-13)14(17)16(2)12-7-8-21(18,19)9-12/h3-6,10,12H,7-9H2,1-2H3/t10-,12-/m0/s1. The summed E-state index contributed by atoms with van der Waals surface area (Å²) >= 11 is 1.34. The van der Waals surface area contributed by atoms with Crippen LogP contribution in [-0.4, -0.2) is 49.1 Å². The van der Waals surface area contributed by atoms with Gasteiger partial charge in [-0.3, -0.25) is 4.79 Å². The minimum atomic E-state index is -3.01. The minimum Gasteiger partial charge on any atom is -0.341 e. The van der Waals surface area contributed by atoms with Crippen molar-refractivity contribution in [2.24, 2.45) is 0 Å². The average Bonchev–Trinajstić information content (AvgIpc) is 2.80. The molecular formula is C14H18FNO3S2. The highest BCUT2D eigenvalue weighted by Crippen LogP contribution is 2.26. The molecule has 1 aromatic carbocycles. The Morgan fingerprint density at radius 3 is 2.52 bits per heavy atom. The molecule has 2 atom stereocenters. The van der Waals surface area contributed by atoms with Gasteiger partial charge in [-0.25, -0.2) is 12.8 Å². The first-order valence-electron chi connectivity index (χ1n) is 6.68. The van der Waals surface area contributed by atoms with Crippen molar-refractivity contribution in [3.05, 3.63) is 30.1 Å². The summed E-state index contributed by atoms with van der Waals surface area (Å²) in [5.74, 6) is -0.226. The van der Waals surface area contributed by atoms with Crippen LogP contribution in [0.3, 0.4) is 0 Å². The molecule has 4 nitrogen and oxygen atoms in total. The highest BCUT2D eigenvalue weighted by atomic mass is 32.2. The van der Waals surface area contributed by atoms with Gasteiger partial charge in [0.1, 0.15) is 5.82 Å². The Morgan fingerprint density at radius 1 is 1.38 bits per heavy atom. The number of amides is 1. The second kappa shape index (κ2) is 6.36. The summed E-state index contributed by atoms with van der Waals surface area (Å²) in [7, 11) is -1.36. The summed E-state index contributed by atoms with van der Waals surface area (Å²) < 4.78 is 35.8. The van der Waals surface area contributed by atoms with Gasteiger partial charge in [-0.1, -0.05) is 0 Å². The number of halogens is 1. The lowest BCUT2D eigenvalue weighted by molar-refractivity contribution is -0.130. The molecular weight excluding hydrogens is 313 g/mol. The van der Waals surface area contributed by atoms with Gasteiger partial charge < -0.3 is 4.90 Å². The van der Waals surface area contributed by atoms with E-state index in [1.165, 1.54) is 28.8 Å². The van der Waals surface area contributed by atoms with E-state index < -0.39 is 9.84 Å². The van der Waals surface area contributed by atoms with E-state index >= 15 is 0 Å². The predicted octanol–water partition coefficient (Wildman–Crippen LogP) is 1.95. The molecule has 1 amide bonds. The van der Waals surface area contributed by atoms with Crippen LogP contribution in [0, 0.1) is 5.82 Å². The zero-order valence-corrected chi connectivity index (χ0v) is 13.6. The van der Waals surface area contributed by atoms with Crippen LogP contribution in [-0.2, 0) is 14.6 Å². The molecule has 1 saturated heterocycles. The zero-order chi connectivity index (χ0) is 15.6. The first-order valence-corrected chi connectivity index (χ1v) is 9.38. The fourth-order valence-corrected chi connectivity index (χ4v) is 5.06. The topological polar surface area (TPSA) is 54.5 Å². The Bertz CT molecular complexity index is 616. The summed E-state index contributed by atoms with van der Waals surface area (Å²) in [5.41, 5.74) is 0. The number of hydrogen-bond acceptors (Lipinski definition) is 4. The third-order valence-corrected chi connectivity index (χ3v) is 6.43. The smallest absolute Gasteiger partial charge is 0.235 e. The number of sulfone groups is 1. The second-order valence-corrected chi connectivity index (χ2v) is 8.86. The first-order chi connectivity index (χ1) is 9.78. The van der Waals surface area contributed by atoms with Gasteiger partial charge in [-0.2, -0.15) is 0 Å². The maximum Gasteiger partial charge on any atom is 0.235 e. The van der Waals surface area contributed by atoms with Gasteiger partial charge in [0, 0.05) is 18.0 Å². The number of benzene rings is 1. The molecule has 0 radical (unpaired) electrons. The lowest BCUT2D eigenvalue weighted by atomic mass is 10.2. The highest BCUT2D eigenvalue weighted by Gasteiger charge is 2.34. The molecule has 1 aliphatic rings. The van der Waals surface area contributed by atoms with Gasteiger partial charge in [-0.05, 0) is 37.6 Å². The molecule has 0 unspecified atom stereocenters. The molecule has 1 heterocycles. The Kier molecular flexibility index (Phi) is 4.93. The molecule has 7 heteroatoms. The summed E-state index contributed by atoms with van der Waals surface area (Å²) in [6.07, 6.45) is 0.499. The Hall–Kier alpha value is -1.08. The maximum atomic E-state index is 12.8. The summed E-state index contributed by atoms with van der Waals surface area (Å²) in [4.78, 5) is 14.7. The van der Waals surface area contributed by atoms with E-state index in [4.69, 9.17) is 0 Å². The van der Waals surface area contributed by atoms with Crippen molar-refractivity contribution in [3.8, 4) is 0 Å². The van der Waals surface area contributed by atoms with Crippen LogP contribution < -0.4 is 0 Å². The van der Waals surface area contributed by atoms with Crippen molar-refractivity contribution >= 4 is 27.5 Å². The summed E-state index contributed by atoms with van der Waals surface area (Å²) in [5, 5.41) is -0.344. The highest BCUT2D eigenvalue weighted by molar-refractivity contribution is 8.00. The fourth-order valence-electron chi connectivity index (χ4n) is 2.32. The molecule has 1 fully saturated rings. The molecule has 1 aliphatic heterocycles. The SMILES string of the molecule is C[C@H](Sc1ccc(F)cc1)C(=O)N(C)[C@H]1CCS(=O)(=O)C1. The monoisotopic (exact) mass is 331 g/mol. The van der Waals surface area contributed by atoms with Crippen molar-refractivity contribution in [1.82, 2.24) is 4.90 Å². The van der Waals surface area contributed by atoms with Crippen LogP contribution >= 0.6 is 11.8 Å². The van der Waals surface area contributed by atoms with E-state index in [1.807, 2.05) is 0 Å². The lowest BCUT2D eigenvalue weighted by Gasteiger charge is -2.26. The van der Waals surface area contributed by atoms with Gasteiger partial charge in [0.05, 0.1) is 16.8 Å². The normalized spacial score (nSPS) is 22.0. The predicted molar refractivity (Wildman–Crippen MR) is 81.5 cm³/mol. The average molecular weight is 331 g/mol. The lowest BCUT2D eigenvalue weighted by Crippen LogP contribution is -2.41. The van der Waals surface area contributed by atoms with Crippen molar-refractivity contribution in [2.75, 3.05) is 18.6 Å². The minimum absolute atomic E-state index is 0.0448. The molecule has 21 heavy (non-hydrogen) atoms. The van der Waals surface area contributed by atoms with Crippen molar-refractivity contribution in [2.45, 2.75) is 29.5 Å². The second-order valence-electron chi connectivity index (χ2n) is 5.22. The van der Waals surface area contributed by atoms with Crippen LogP contribution in [0.1, 0.15) is 13.3 Å². The van der Waals surface area contributed by atoms with Crippen LogP contribution in [0.5, 0.6) is 0 Å². The maximum absolute atomic E-state index is 12.8. The number of nitrogens with zero attached hydrogens (tertiary/aromatic N) is 1. The van der Waals surface area contributed by atoms with E-state index in [9.17, 15) is 17.6 Å². The molecule has 0 saturated carbocycles. The van der Waals surface area contributed by atoms with Crippen molar-refractivity contribution in [3.63, 3.8) is 0 Å². The first kappa shape index (κ1) is 16.3. The molecule has 0 spiro atoms. The van der Waals surface area contributed by atoms with Crippen LogP contribution in [0.2, 0.25) is 0 Å². The number of thioether (sulfide) groups is 1. The molecule has 2 rings (SSSR count). The van der Waals surface area contributed by atoms with E-state index in [2.05, 4.69) is 0 Å². The largest absolute Gasteiger partial charge is 0.341 e. The number of carbonyl (C=O) groups excluding carboxylic acids is 1. The Labute approximate surface area is 128 Å². The molecule has 0 bridgehead atoms. The van der Waals surface area contributed by atoms with Crippen molar-refractivity contribution < 1.29 is 17.6 Å². The molecule has 0 N–H and O–H groups in total. The van der Waals surface area contributed by atoms with Gasteiger partial charge in [0.2, 0.25) is 5.91 Å². The number of hydrogen-bond donors (Lipinski definition) is 0. The zero-order valence-electron chi connectivity index (χ0n) is 12.0. The van der Waals surface area contributed by atoms with Crippen LogP contribution in [0.25, 0.3) is 0 Å². The van der Waals surface area contributed by atoms with E-state index in [1.54, 1.807) is 26.1 Å². The number of rotatable bonds is 4. The van der Waals surface area contributed by atoms with Gasteiger partial charge in [0.15, 0.2) is 9.84 Å². The third-order valence-electron chi connectivity index (χ3n) is 3.58. The van der Waals surface area contributed by atoms with Gasteiger partial charge in [0.25, 0.3) is 0 Å². The molecule has 0 aromatic heterocycles. The summed E-state index contributed by atoms with van der Waals surface area (Å²) in [6, 6.07) is 5.73. The van der Waals surface area contributed by atoms with Gasteiger partial charge >= 0.3 is 0 Å². The summed E-state index contributed by atoms with van der Waals surface area (Å²) in [6.45, 7) is 1.77. The van der Waals surface area contributed by atoms with E-state index in [0.29, 0.717) is 6.42 Å². The Balaban J connectivity index is 1.97. The van der Waals surface area contributed by atoms with Crippen LogP contribution in [0.15, 0.2) is 29.2 Å². The molecule has 0 aliphatic carbocycles. The third kappa shape index (κ3) is 4.20. The van der Waals surface area contributed by atoms with Crippen molar-refractivity contribution in [1.29, 1.82) is 0 Å². The van der Waals surface area contributed by atoms with Crippen LogP contribution in [0.4, 0.5) is 4.39 Å². The van der Waals surface area contributed by atoms with Gasteiger partial charge in [-0.15, -0.1) is 11.8 Å². The fraction of sp³-hybridized carbons (Fsp3) is 0.500. The Morgan fingerprint density at radius 2 is 2.00 bits per heavy atom. The molecule has 116 valence electrons. The van der Waals surface area contributed by atoms with E-state index in [-0.39, 0.29) is 34.5 Å². The molecule has 1 aromatic rings. The van der Waals surface area contributed by atoms with E-state index in [0.717, 1.165) is 4.90 Å².